The van der Waals surface area contributed by atoms with Gasteiger partial charge in [-0.1, -0.05) is 48.2 Å². The summed E-state index contributed by atoms with van der Waals surface area (Å²) in [5.41, 5.74) is 1.59. The standard InChI is InChI=1S/C23H27N3O2S2/c1-7-13-26-21(28)17-14(2)18(16-11-9-8-10-12-16)30-20(17)24-22(26)29-15(3)19(27)25-23(4,5)6/h7-12,15H,1,13H2,2-6H3,(H,25,27). The summed E-state index contributed by atoms with van der Waals surface area (Å²) in [5.74, 6) is -0.0840. The lowest BCUT2D eigenvalue weighted by atomic mass is 10.1. The van der Waals surface area contributed by atoms with Crippen LogP contribution in [0.25, 0.3) is 20.7 Å². The Morgan fingerprint density at radius 1 is 1.33 bits per heavy atom. The summed E-state index contributed by atoms with van der Waals surface area (Å²) in [6.45, 7) is 13.8. The highest BCUT2D eigenvalue weighted by atomic mass is 32.2. The number of amides is 1. The quantitative estimate of drug-likeness (QED) is 0.332. The zero-order valence-electron chi connectivity index (χ0n) is 18.0. The summed E-state index contributed by atoms with van der Waals surface area (Å²) in [5, 5.41) is 3.76. The Labute approximate surface area is 185 Å². The first-order chi connectivity index (χ1) is 14.1. The molecular formula is C23H27N3O2S2. The second-order valence-corrected chi connectivity index (χ2v) is 10.5. The molecule has 2 heterocycles. The van der Waals surface area contributed by atoms with Crippen LogP contribution in [0.15, 0.2) is 52.9 Å². The number of benzene rings is 1. The molecule has 0 bridgehead atoms. The molecule has 3 aromatic rings. The molecule has 0 fully saturated rings. The van der Waals surface area contributed by atoms with Gasteiger partial charge in [0.2, 0.25) is 5.91 Å². The first kappa shape index (κ1) is 22.3. The minimum atomic E-state index is -0.390. The van der Waals surface area contributed by atoms with E-state index < -0.39 is 0 Å². The van der Waals surface area contributed by atoms with Crippen LogP contribution in [0.3, 0.4) is 0 Å². The van der Waals surface area contributed by atoms with Gasteiger partial charge in [-0.2, -0.15) is 0 Å². The van der Waals surface area contributed by atoms with Gasteiger partial charge >= 0.3 is 0 Å². The first-order valence-corrected chi connectivity index (χ1v) is 11.5. The molecule has 158 valence electrons. The summed E-state index contributed by atoms with van der Waals surface area (Å²) in [4.78, 5) is 32.4. The average molecular weight is 442 g/mol. The fourth-order valence-corrected chi connectivity index (χ4v) is 5.27. The Morgan fingerprint density at radius 2 is 2.00 bits per heavy atom. The minimum absolute atomic E-state index is 0.0840. The fraction of sp³-hybridized carbons (Fsp3) is 0.348. The number of nitrogens with zero attached hydrogens (tertiary/aromatic N) is 2. The van der Waals surface area contributed by atoms with Crippen molar-refractivity contribution >= 4 is 39.2 Å². The van der Waals surface area contributed by atoms with Gasteiger partial charge in [0.05, 0.1) is 10.6 Å². The lowest BCUT2D eigenvalue weighted by molar-refractivity contribution is -0.121. The zero-order valence-corrected chi connectivity index (χ0v) is 19.6. The van der Waals surface area contributed by atoms with E-state index in [1.807, 2.05) is 65.0 Å². The van der Waals surface area contributed by atoms with Crippen LogP contribution in [0.5, 0.6) is 0 Å². The van der Waals surface area contributed by atoms with Crippen molar-refractivity contribution in [2.24, 2.45) is 0 Å². The topological polar surface area (TPSA) is 64.0 Å². The van der Waals surface area contributed by atoms with E-state index in [9.17, 15) is 9.59 Å². The third-order valence-electron chi connectivity index (χ3n) is 4.51. The third kappa shape index (κ3) is 4.68. The number of hydrogen-bond acceptors (Lipinski definition) is 5. The highest BCUT2D eigenvalue weighted by Crippen LogP contribution is 2.36. The van der Waals surface area contributed by atoms with Crippen molar-refractivity contribution in [3.05, 3.63) is 58.9 Å². The van der Waals surface area contributed by atoms with Crippen molar-refractivity contribution in [2.45, 2.75) is 57.1 Å². The fourth-order valence-electron chi connectivity index (χ4n) is 3.13. The molecule has 0 aliphatic heterocycles. The van der Waals surface area contributed by atoms with E-state index in [1.54, 1.807) is 10.6 Å². The number of rotatable bonds is 6. The number of thiophene rings is 1. The first-order valence-electron chi connectivity index (χ1n) is 9.81. The summed E-state index contributed by atoms with van der Waals surface area (Å²) < 4.78 is 1.61. The van der Waals surface area contributed by atoms with Crippen LogP contribution in [0.1, 0.15) is 33.3 Å². The van der Waals surface area contributed by atoms with Gasteiger partial charge in [-0.25, -0.2) is 4.98 Å². The number of thioether (sulfide) groups is 1. The second-order valence-electron chi connectivity index (χ2n) is 8.20. The van der Waals surface area contributed by atoms with E-state index in [1.165, 1.54) is 23.1 Å². The van der Waals surface area contributed by atoms with Crippen LogP contribution >= 0.6 is 23.1 Å². The Bertz CT molecular complexity index is 1140. The maximum absolute atomic E-state index is 13.4. The third-order valence-corrected chi connectivity index (χ3v) is 6.84. The van der Waals surface area contributed by atoms with Crippen molar-refractivity contribution in [2.75, 3.05) is 0 Å². The van der Waals surface area contributed by atoms with Crippen LogP contribution in [-0.2, 0) is 11.3 Å². The predicted molar refractivity (Wildman–Crippen MR) is 127 cm³/mol. The lowest BCUT2D eigenvalue weighted by Crippen LogP contribution is -2.44. The van der Waals surface area contributed by atoms with Gasteiger partial charge in [0.15, 0.2) is 5.16 Å². The predicted octanol–water partition coefficient (Wildman–Crippen LogP) is 5.01. The van der Waals surface area contributed by atoms with Crippen LogP contribution in [0.2, 0.25) is 0 Å². The van der Waals surface area contributed by atoms with Gasteiger partial charge in [0.25, 0.3) is 5.56 Å². The van der Waals surface area contributed by atoms with Crippen LogP contribution in [0.4, 0.5) is 0 Å². The van der Waals surface area contributed by atoms with Gasteiger partial charge in [-0.05, 0) is 45.7 Å². The highest BCUT2D eigenvalue weighted by molar-refractivity contribution is 8.00. The number of nitrogens with one attached hydrogen (secondary N) is 1. The van der Waals surface area contributed by atoms with Crippen molar-refractivity contribution in [3.63, 3.8) is 0 Å². The molecule has 30 heavy (non-hydrogen) atoms. The molecule has 1 atom stereocenters. The maximum Gasteiger partial charge on any atom is 0.263 e. The number of carbonyl (C=O) groups excluding carboxylic acids is 1. The molecule has 3 rings (SSSR count). The Morgan fingerprint density at radius 3 is 2.60 bits per heavy atom. The summed E-state index contributed by atoms with van der Waals surface area (Å²) >= 11 is 2.81. The van der Waals surface area contributed by atoms with Gasteiger partial charge < -0.3 is 5.32 Å². The molecular weight excluding hydrogens is 414 g/mol. The molecule has 1 unspecified atom stereocenters. The van der Waals surface area contributed by atoms with Gasteiger partial charge in [0, 0.05) is 17.0 Å². The molecule has 1 amide bonds. The number of carbonyl (C=O) groups is 1. The molecule has 0 aliphatic rings. The normalized spacial score (nSPS) is 12.7. The number of fused-ring (bicyclic) bond motifs is 1. The van der Waals surface area contributed by atoms with Gasteiger partial charge in [0.1, 0.15) is 4.83 Å². The van der Waals surface area contributed by atoms with Crippen molar-refractivity contribution in [1.82, 2.24) is 14.9 Å². The number of hydrogen-bond donors (Lipinski definition) is 1. The molecule has 7 heteroatoms. The van der Waals surface area contributed by atoms with Crippen molar-refractivity contribution in [3.8, 4) is 10.4 Å². The van der Waals surface area contributed by atoms with E-state index >= 15 is 0 Å². The average Bonchev–Trinajstić information content (AvgIpc) is 3.00. The van der Waals surface area contributed by atoms with E-state index in [2.05, 4.69) is 11.9 Å². The molecule has 0 spiro atoms. The zero-order chi connectivity index (χ0) is 22.1. The van der Waals surface area contributed by atoms with E-state index in [0.29, 0.717) is 21.9 Å². The van der Waals surface area contributed by atoms with Crippen LogP contribution in [0, 0.1) is 6.92 Å². The molecule has 5 nitrogen and oxygen atoms in total. The Balaban J connectivity index is 2.08. The Hall–Kier alpha value is -2.38. The largest absolute Gasteiger partial charge is 0.351 e. The number of allylic oxidation sites excluding steroid dienone is 1. The molecule has 1 aromatic carbocycles. The second kappa shape index (κ2) is 8.78. The SMILES string of the molecule is C=CCn1c(SC(C)C(=O)NC(C)(C)C)nc2sc(-c3ccccc3)c(C)c2c1=O. The molecule has 1 N–H and O–H groups in total. The molecule has 2 aromatic heterocycles. The molecule has 0 aliphatic carbocycles. The molecule has 0 radical (unpaired) electrons. The summed E-state index contributed by atoms with van der Waals surface area (Å²) in [6.07, 6.45) is 1.68. The summed E-state index contributed by atoms with van der Waals surface area (Å²) in [6, 6.07) is 10.0. The number of aryl methyl sites for hydroxylation is 1. The minimum Gasteiger partial charge on any atom is -0.351 e. The number of aromatic nitrogens is 2. The van der Waals surface area contributed by atoms with E-state index in [-0.39, 0.29) is 22.3 Å². The molecule has 0 saturated carbocycles. The van der Waals surface area contributed by atoms with Crippen LogP contribution in [-0.4, -0.2) is 26.2 Å². The maximum atomic E-state index is 13.4. The Kier molecular flexibility index (Phi) is 6.53. The lowest BCUT2D eigenvalue weighted by Gasteiger charge is -2.23. The van der Waals surface area contributed by atoms with Crippen LogP contribution < -0.4 is 10.9 Å². The van der Waals surface area contributed by atoms with Gasteiger partial charge in [-0.3, -0.25) is 14.2 Å². The monoisotopic (exact) mass is 441 g/mol. The van der Waals surface area contributed by atoms with Gasteiger partial charge in [-0.15, -0.1) is 17.9 Å². The van der Waals surface area contributed by atoms with E-state index in [0.717, 1.165) is 16.0 Å². The smallest absolute Gasteiger partial charge is 0.263 e. The van der Waals surface area contributed by atoms with Crippen molar-refractivity contribution in [1.29, 1.82) is 0 Å². The summed E-state index contributed by atoms with van der Waals surface area (Å²) in [7, 11) is 0. The van der Waals surface area contributed by atoms with E-state index in [4.69, 9.17) is 4.98 Å². The molecule has 0 saturated heterocycles. The highest BCUT2D eigenvalue weighted by Gasteiger charge is 2.24. The van der Waals surface area contributed by atoms with Crippen molar-refractivity contribution < 1.29 is 4.79 Å².